The van der Waals surface area contributed by atoms with Crippen LogP contribution in [-0.2, 0) is 16.1 Å². The summed E-state index contributed by atoms with van der Waals surface area (Å²) in [4.78, 5) is 26.2. The number of fused-ring (bicyclic) bond motifs is 1. The monoisotopic (exact) mass is 409 g/mol. The Balaban J connectivity index is 1.57. The van der Waals surface area contributed by atoms with Crippen LogP contribution in [0.3, 0.4) is 0 Å². The number of ether oxygens (including phenoxy) is 3. The summed E-state index contributed by atoms with van der Waals surface area (Å²) in [5.74, 6) is 0.815. The molecule has 0 aliphatic carbocycles. The number of nitrogens with zero attached hydrogens (tertiary/aromatic N) is 1. The third-order valence-electron chi connectivity index (χ3n) is 5.17. The lowest BCUT2D eigenvalue weighted by molar-refractivity contribution is 0.0600. The third kappa shape index (κ3) is 4.02. The SMILES string of the molecule is COC(=O)c1ccc(COc2ccc3c(=O)cc(N4CCOCC4)oc3c2C)cc1. The van der Waals surface area contributed by atoms with Gasteiger partial charge in [-0.15, -0.1) is 0 Å². The molecular formula is C23H23NO6. The number of anilines is 1. The van der Waals surface area contributed by atoms with Crippen molar-refractivity contribution in [2.24, 2.45) is 0 Å². The zero-order valence-corrected chi connectivity index (χ0v) is 17.0. The molecule has 1 fully saturated rings. The van der Waals surface area contributed by atoms with Crippen LogP contribution in [0.25, 0.3) is 11.0 Å². The van der Waals surface area contributed by atoms with Gasteiger partial charge < -0.3 is 23.5 Å². The second kappa shape index (κ2) is 8.59. The minimum absolute atomic E-state index is 0.0780. The highest BCUT2D eigenvalue weighted by atomic mass is 16.5. The number of carbonyl (C=O) groups is 1. The van der Waals surface area contributed by atoms with Gasteiger partial charge in [-0.05, 0) is 36.8 Å². The number of morpholine rings is 1. The Morgan fingerprint density at radius 1 is 1.10 bits per heavy atom. The minimum Gasteiger partial charge on any atom is -0.488 e. The lowest BCUT2D eigenvalue weighted by atomic mass is 10.1. The largest absolute Gasteiger partial charge is 0.488 e. The van der Waals surface area contributed by atoms with Gasteiger partial charge in [-0.2, -0.15) is 0 Å². The molecule has 0 bridgehead atoms. The second-order valence-electron chi connectivity index (χ2n) is 7.09. The molecule has 0 unspecified atom stereocenters. The van der Waals surface area contributed by atoms with Crippen LogP contribution in [0.1, 0.15) is 21.5 Å². The molecule has 3 aromatic rings. The molecule has 0 N–H and O–H groups in total. The van der Waals surface area contributed by atoms with Gasteiger partial charge in [-0.25, -0.2) is 4.79 Å². The fourth-order valence-corrected chi connectivity index (χ4v) is 3.44. The summed E-state index contributed by atoms with van der Waals surface area (Å²) in [7, 11) is 1.35. The van der Waals surface area contributed by atoms with Crippen molar-refractivity contribution in [1.82, 2.24) is 0 Å². The quantitative estimate of drug-likeness (QED) is 0.598. The van der Waals surface area contributed by atoms with Crippen molar-refractivity contribution in [3.05, 3.63) is 69.4 Å². The van der Waals surface area contributed by atoms with Crippen LogP contribution < -0.4 is 15.1 Å². The van der Waals surface area contributed by atoms with Crippen molar-refractivity contribution in [2.45, 2.75) is 13.5 Å². The van der Waals surface area contributed by atoms with E-state index in [0.29, 0.717) is 61.1 Å². The Kier molecular flexibility index (Phi) is 5.72. The van der Waals surface area contributed by atoms with Gasteiger partial charge in [0.1, 0.15) is 17.9 Å². The van der Waals surface area contributed by atoms with Crippen molar-refractivity contribution in [3.63, 3.8) is 0 Å². The van der Waals surface area contributed by atoms with Gasteiger partial charge in [0.05, 0.1) is 31.3 Å². The number of methoxy groups -OCH3 is 1. The van der Waals surface area contributed by atoms with Gasteiger partial charge in [0.15, 0.2) is 11.3 Å². The van der Waals surface area contributed by atoms with E-state index in [1.807, 2.05) is 24.0 Å². The smallest absolute Gasteiger partial charge is 0.337 e. The van der Waals surface area contributed by atoms with E-state index in [1.165, 1.54) is 13.2 Å². The number of benzene rings is 2. The molecule has 1 aliphatic rings. The van der Waals surface area contributed by atoms with Gasteiger partial charge in [0.25, 0.3) is 0 Å². The fraction of sp³-hybridized carbons (Fsp3) is 0.304. The summed E-state index contributed by atoms with van der Waals surface area (Å²) in [6.07, 6.45) is 0. The first kappa shape index (κ1) is 20.0. The molecule has 7 heteroatoms. The van der Waals surface area contributed by atoms with Crippen LogP contribution in [0.5, 0.6) is 5.75 Å². The van der Waals surface area contributed by atoms with Gasteiger partial charge >= 0.3 is 5.97 Å². The van der Waals surface area contributed by atoms with Crippen LogP contribution in [0.15, 0.2) is 51.7 Å². The minimum atomic E-state index is -0.376. The molecule has 4 rings (SSSR count). The zero-order valence-electron chi connectivity index (χ0n) is 17.0. The normalized spacial score (nSPS) is 14.0. The first-order valence-electron chi connectivity index (χ1n) is 9.77. The summed E-state index contributed by atoms with van der Waals surface area (Å²) >= 11 is 0. The fourth-order valence-electron chi connectivity index (χ4n) is 3.44. The highest BCUT2D eigenvalue weighted by Crippen LogP contribution is 2.29. The Morgan fingerprint density at radius 2 is 1.83 bits per heavy atom. The molecular weight excluding hydrogens is 386 g/mol. The van der Waals surface area contributed by atoms with Crippen molar-refractivity contribution >= 4 is 22.8 Å². The topological polar surface area (TPSA) is 78.2 Å². The van der Waals surface area contributed by atoms with Crippen LogP contribution in [0.2, 0.25) is 0 Å². The Hall–Kier alpha value is -3.32. The van der Waals surface area contributed by atoms with E-state index in [4.69, 9.17) is 18.6 Å². The van der Waals surface area contributed by atoms with Crippen molar-refractivity contribution in [2.75, 3.05) is 38.3 Å². The molecule has 1 aliphatic heterocycles. The molecule has 30 heavy (non-hydrogen) atoms. The number of rotatable bonds is 5. The summed E-state index contributed by atoms with van der Waals surface area (Å²) in [5, 5.41) is 0.527. The Labute approximate surface area is 173 Å². The highest BCUT2D eigenvalue weighted by Gasteiger charge is 2.17. The van der Waals surface area contributed by atoms with E-state index < -0.39 is 0 Å². The predicted molar refractivity (Wildman–Crippen MR) is 112 cm³/mol. The van der Waals surface area contributed by atoms with Crippen LogP contribution >= 0.6 is 0 Å². The molecule has 7 nitrogen and oxygen atoms in total. The third-order valence-corrected chi connectivity index (χ3v) is 5.17. The van der Waals surface area contributed by atoms with Crippen molar-refractivity contribution in [3.8, 4) is 5.75 Å². The molecule has 1 aromatic heterocycles. The van der Waals surface area contributed by atoms with Gasteiger partial charge in [0, 0.05) is 24.7 Å². The first-order valence-corrected chi connectivity index (χ1v) is 9.77. The molecule has 156 valence electrons. The Morgan fingerprint density at radius 3 is 2.53 bits per heavy atom. The van der Waals surface area contributed by atoms with Gasteiger partial charge in [-0.1, -0.05) is 12.1 Å². The van der Waals surface area contributed by atoms with E-state index in [1.54, 1.807) is 24.3 Å². The average Bonchev–Trinajstić information content (AvgIpc) is 2.79. The van der Waals surface area contributed by atoms with E-state index in [9.17, 15) is 9.59 Å². The Bertz CT molecular complexity index is 1110. The number of hydrogen-bond donors (Lipinski definition) is 0. The number of hydrogen-bond acceptors (Lipinski definition) is 7. The lowest BCUT2D eigenvalue weighted by Crippen LogP contribution is -2.36. The molecule has 0 atom stereocenters. The molecule has 2 heterocycles. The molecule has 0 spiro atoms. The summed E-state index contributed by atoms with van der Waals surface area (Å²) < 4.78 is 22.2. The molecule has 0 radical (unpaired) electrons. The summed E-state index contributed by atoms with van der Waals surface area (Å²) in [6, 6.07) is 12.1. The maximum atomic E-state index is 12.6. The maximum absolute atomic E-state index is 12.6. The van der Waals surface area contributed by atoms with Gasteiger partial charge in [-0.3, -0.25) is 4.79 Å². The number of esters is 1. The zero-order chi connectivity index (χ0) is 21.1. The summed E-state index contributed by atoms with van der Waals surface area (Å²) in [6.45, 7) is 4.79. The second-order valence-corrected chi connectivity index (χ2v) is 7.09. The number of carbonyl (C=O) groups excluding carboxylic acids is 1. The number of aryl methyl sites for hydroxylation is 1. The van der Waals surface area contributed by atoms with Crippen LogP contribution in [-0.4, -0.2) is 39.4 Å². The molecule has 0 amide bonds. The highest BCUT2D eigenvalue weighted by molar-refractivity contribution is 5.89. The average molecular weight is 409 g/mol. The molecule has 1 saturated heterocycles. The predicted octanol–water partition coefficient (Wildman–Crippen LogP) is 3.30. The maximum Gasteiger partial charge on any atom is 0.337 e. The van der Waals surface area contributed by atoms with Gasteiger partial charge in [0.2, 0.25) is 0 Å². The van der Waals surface area contributed by atoms with Crippen LogP contribution in [0, 0.1) is 6.92 Å². The summed E-state index contributed by atoms with van der Waals surface area (Å²) in [5.41, 5.74) is 2.62. The van der Waals surface area contributed by atoms with E-state index in [2.05, 4.69) is 0 Å². The van der Waals surface area contributed by atoms with E-state index in [0.717, 1.165) is 11.1 Å². The first-order chi connectivity index (χ1) is 14.6. The van der Waals surface area contributed by atoms with E-state index >= 15 is 0 Å². The van der Waals surface area contributed by atoms with Crippen molar-refractivity contribution in [1.29, 1.82) is 0 Å². The molecule has 0 saturated carbocycles. The standard InChI is InChI=1S/C23H23NO6/c1-15-20(29-14-16-3-5-17(6-4-16)23(26)27-2)8-7-18-19(25)13-21(30-22(15)18)24-9-11-28-12-10-24/h3-8,13H,9-12,14H2,1-2H3. The molecule has 2 aromatic carbocycles. The van der Waals surface area contributed by atoms with Crippen molar-refractivity contribution < 1.29 is 23.4 Å². The van der Waals surface area contributed by atoms with E-state index in [-0.39, 0.29) is 11.4 Å². The van der Waals surface area contributed by atoms with Crippen LogP contribution in [0.4, 0.5) is 5.88 Å². The lowest BCUT2D eigenvalue weighted by Gasteiger charge is -2.27.